The van der Waals surface area contributed by atoms with Crippen molar-refractivity contribution < 1.29 is 9.59 Å². The molecule has 10 heteroatoms. The van der Waals surface area contributed by atoms with Crippen LogP contribution in [0.5, 0.6) is 0 Å². The topological polar surface area (TPSA) is 117 Å². The Morgan fingerprint density at radius 1 is 1.29 bits per heavy atom. The van der Waals surface area contributed by atoms with Gasteiger partial charge in [-0.25, -0.2) is 4.98 Å². The highest BCUT2D eigenvalue weighted by Crippen LogP contribution is 2.36. The molecule has 3 heterocycles. The summed E-state index contributed by atoms with van der Waals surface area (Å²) in [5, 5.41) is 19.1. The Morgan fingerprint density at radius 3 is 2.89 bits per heavy atom. The van der Waals surface area contributed by atoms with Crippen LogP contribution in [-0.4, -0.2) is 61.2 Å². The SMILES string of the molecule is CCc1nnc(C(=O)NC2CCC3CN(C(=O)CCc4ncn[nH]4)CC3C2)s1. The van der Waals surface area contributed by atoms with E-state index in [4.69, 9.17) is 0 Å². The van der Waals surface area contributed by atoms with Gasteiger partial charge in [-0.1, -0.05) is 18.3 Å². The molecule has 1 aliphatic heterocycles. The number of nitrogens with zero attached hydrogens (tertiary/aromatic N) is 5. The molecule has 1 saturated carbocycles. The Kier molecular flexibility index (Phi) is 5.65. The quantitative estimate of drug-likeness (QED) is 0.749. The minimum Gasteiger partial charge on any atom is -0.347 e. The number of H-pyrrole nitrogens is 1. The number of carbonyl (C=O) groups excluding carboxylic acids is 2. The summed E-state index contributed by atoms with van der Waals surface area (Å²) in [6.07, 6.45) is 6.20. The van der Waals surface area contributed by atoms with Crippen LogP contribution < -0.4 is 5.32 Å². The number of rotatable bonds is 6. The predicted molar refractivity (Wildman–Crippen MR) is 103 cm³/mol. The summed E-state index contributed by atoms with van der Waals surface area (Å²) in [4.78, 5) is 31.0. The summed E-state index contributed by atoms with van der Waals surface area (Å²) in [7, 11) is 0. The van der Waals surface area contributed by atoms with E-state index in [1.54, 1.807) is 0 Å². The van der Waals surface area contributed by atoms with Crippen molar-refractivity contribution in [3.05, 3.63) is 22.2 Å². The fraction of sp³-hybridized carbons (Fsp3) is 0.667. The van der Waals surface area contributed by atoms with Crippen LogP contribution in [0.25, 0.3) is 0 Å². The van der Waals surface area contributed by atoms with Crippen LogP contribution >= 0.6 is 11.3 Å². The molecule has 0 spiro atoms. The van der Waals surface area contributed by atoms with Crippen molar-refractivity contribution >= 4 is 23.2 Å². The number of nitrogens with one attached hydrogen (secondary N) is 2. The van der Waals surface area contributed by atoms with Gasteiger partial charge in [-0.15, -0.1) is 10.2 Å². The first kappa shape index (κ1) is 19.0. The van der Waals surface area contributed by atoms with E-state index in [2.05, 4.69) is 30.7 Å². The van der Waals surface area contributed by atoms with Crippen LogP contribution in [0.1, 0.15) is 53.2 Å². The molecule has 4 rings (SSSR count). The molecule has 2 fully saturated rings. The summed E-state index contributed by atoms with van der Waals surface area (Å²) < 4.78 is 0. The summed E-state index contributed by atoms with van der Waals surface area (Å²) in [5.74, 6) is 1.78. The molecule has 0 aromatic carbocycles. The molecule has 1 saturated heterocycles. The molecular weight excluding hydrogens is 378 g/mol. The molecule has 28 heavy (non-hydrogen) atoms. The van der Waals surface area contributed by atoms with Gasteiger partial charge in [0, 0.05) is 32.0 Å². The molecule has 2 aromatic heterocycles. The van der Waals surface area contributed by atoms with Gasteiger partial charge in [-0.3, -0.25) is 14.7 Å². The van der Waals surface area contributed by atoms with Crippen molar-refractivity contribution in [1.29, 1.82) is 0 Å². The predicted octanol–water partition coefficient (Wildman–Crippen LogP) is 1.21. The molecule has 150 valence electrons. The van der Waals surface area contributed by atoms with Crippen LogP contribution in [0, 0.1) is 11.8 Å². The smallest absolute Gasteiger partial charge is 0.282 e. The van der Waals surface area contributed by atoms with Crippen molar-refractivity contribution in [2.45, 2.75) is 51.5 Å². The average molecular weight is 404 g/mol. The third-order valence-corrected chi connectivity index (χ3v) is 6.81. The lowest BCUT2D eigenvalue weighted by Crippen LogP contribution is -2.40. The average Bonchev–Trinajstić information content (AvgIpc) is 3.45. The first-order valence-electron chi connectivity index (χ1n) is 9.87. The van der Waals surface area contributed by atoms with Gasteiger partial charge in [0.05, 0.1) is 0 Å². The zero-order valence-electron chi connectivity index (χ0n) is 15.9. The summed E-state index contributed by atoms with van der Waals surface area (Å²) in [6.45, 7) is 3.62. The third kappa shape index (κ3) is 4.21. The van der Waals surface area contributed by atoms with E-state index in [1.807, 2.05) is 11.8 Å². The standard InChI is InChI=1S/C18H25N7O2S/c1-2-15-23-24-18(28-15)17(27)21-13-4-3-11-8-25(9-12(11)7-13)16(26)6-5-14-19-10-20-22-14/h10-13H,2-9H2,1H3,(H,21,27)(H,19,20,22). The van der Waals surface area contributed by atoms with E-state index in [0.717, 1.165) is 49.6 Å². The molecule has 2 aromatic rings. The normalized spacial score (nSPS) is 24.2. The Bertz CT molecular complexity index is 822. The number of aromatic amines is 1. The lowest BCUT2D eigenvalue weighted by atomic mass is 9.79. The number of likely N-dealkylation sites (tertiary alicyclic amines) is 1. The molecule has 2 amide bonds. The van der Waals surface area contributed by atoms with Gasteiger partial charge in [0.1, 0.15) is 17.2 Å². The highest BCUT2D eigenvalue weighted by Gasteiger charge is 2.39. The second kappa shape index (κ2) is 8.34. The third-order valence-electron chi connectivity index (χ3n) is 5.74. The van der Waals surface area contributed by atoms with Gasteiger partial charge in [0.25, 0.3) is 5.91 Å². The number of aromatic nitrogens is 5. The Morgan fingerprint density at radius 2 is 2.14 bits per heavy atom. The van der Waals surface area contributed by atoms with Crippen molar-refractivity contribution in [1.82, 2.24) is 35.6 Å². The Hall–Kier alpha value is -2.36. The molecule has 2 aliphatic rings. The van der Waals surface area contributed by atoms with Crippen LogP contribution in [0.15, 0.2) is 6.33 Å². The van der Waals surface area contributed by atoms with Crippen molar-refractivity contribution in [2.24, 2.45) is 11.8 Å². The maximum Gasteiger partial charge on any atom is 0.282 e. The first-order chi connectivity index (χ1) is 13.6. The minimum atomic E-state index is -0.126. The summed E-state index contributed by atoms with van der Waals surface area (Å²) >= 11 is 1.36. The number of carbonyl (C=O) groups is 2. The van der Waals surface area contributed by atoms with E-state index in [1.165, 1.54) is 17.7 Å². The van der Waals surface area contributed by atoms with Crippen LogP contribution in [-0.2, 0) is 17.6 Å². The van der Waals surface area contributed by atoms with Gasteiger partial charge < -0.3 is 10.2 Å². The van der Waals surface area contributed by atoms with Crippen molar-refractivity contribution in [3.8, 4) is 0 Å². The summed E-state index contributed by atoms with van der Waals surface area (Å²) in [6, 6.07) is 0.145. The molecular formula is C18H25N7O2S. The molecule has 0 bridgehead atoms. The minimum absolute atomic E-state index is 0.126. The van der Waals surface area contributed by atoms with Gasteiger partial charge in [0.15, 0.2) is 0 Å². The fourth-order valence-corrected chi connectivity index (χ4v) is 4.92. The fourth-order valence-electron chi connectivity index (χ4n) is 4.24. The van der Waals surface area contributed by atoms with E-state index in [-0.39, 0.29) is 17.9 Å². The van der Waals surface area contributed by atoms with Crippen LogP contribution in [0.4, 0.5) is 0 Å². The Labute approximate surface area is 167 Å². The second-order valence-electron chi connectivity index (χ2n) is 7.59. The molecule has 3 unspecified atom stereocenters. The van der Waals surface area contributed by atoms with Gasteiger partial charge in [0.2, 0.25) is 10.9 Å². The van der Waals surface area contributed by atoms with Gasteiger partial charge >= 0.3 is 0 Å². The van der Waals surface area contributed by atoms with E-state index >= 15 is 0 Å². The zero-order chi connectivity index (χ0) is 19.5. The second-order valence-corrected chi connectivity index (χ2v) is 8.65. The van der Waals surface area contributed by atoms with E-state index < -0.39 is 0 Å². The maximum atomic E-state index is 12.5. The largest absolute Gasteiger partial charge is 0.347 e. The number of amides is 2. The highest BCUT2D eigenvalue weighted by atomic mass is 32.1. The zero-order valence-corrected chi connectivity index (χ0v) is 16.7. The molecule has 0 radical (unpaired) electrons. The lowest BCUT2D eigenvalue weighted by Gasteiger charge is -2.30. The molecule has 9 nitrogen and oxygen atoms in total. The number of aryl methyl sites for hydroxylation is 2. The molecule has 3 atom stereocenters. The van der Waals surface area contributed by atoms with Gasteiger partial charge in [-0.2, -0.15) is 5.10 Å². The van der Waals surface area contributed by atoms with Crippen LogP contribution in [0.3, 0.4) is 0 Å². The number of hydrogen-bond donors (Lipinski definition) is 2. The van der Waals surface area contributed by atoms with Crippen LogP contribution in [0.2, 0.25) is 0 Å². The lowest BCUT2D eigenvalue weighted by molar-refractivity contribution is -0.130. The highest BCUT2D eigenvalue weighted by molar-refractivity contribution is 7.13. The Balaban J connectivity index is 1.27. The number of fused-ring (bicyclic) bond motifs is 1. The summed E-state index contributed by atoms with van der Waals surface area (Å²) in [5.41, 5.74) is 0. The van der Waals surface area contributed by atoms with Crippen molar-refractivity contribution in [3.63, 3.8) is 0 Å². The monoisotopic (exact) mass is 403 g/mol. The maximum absolute atomic E-state index is 12.5. The first-order valence-corrected chi connectivity index (χ1v) is 10.7. The molecule has 1 aliphatic carbocycles. The van der Waals surface area contributed by atoms with Gasteiger partial charge in [-0.05, 0) is 37.5 Å². The van der Waals surface area contributed by atoms with E-state index in [0.29, 0.717) is 29.7 Å². The van der Waals surface area contributed by atoms with Crippen molar-refractivity contribution in [2.75, 3.05) is 13.1 Å². The molecule has 2 N–H and O–H groups in total. The number of hydrogen-bond acceptors (Lipinski definition) is 7. The van der Waals surface area contributed by atoms with E-state index in [9.17, 15) is 9.59 Å².